The predicted molar refractivity (Wildman–Crippen MR) is 84.0 cm³/mol. The van der Waals surface area contributed by atoms with Gasteiger partial charge in [0.05, 0.1) is 18.6 Å². The molecule has 3 heteroatoms. The molecule has 0 saturated carbocycles. The van der Waals surface area contributed by atoms with E-state index in [1.54, 1.807) is 0 Å². The zero-order chi connectivity index (χ0) is 14.8. The molecule has 2 unspecified atom stereocenters. The summed E-state index contributed by atoms with van der Waals surface area (Å²) in [6.07, 6.45) is 0. The molecule has 2 atom stereocenters. The molecule has 2 aromatic rings. The summed E-state index contributed by atoms with van der Waals surface area (Å²) in [6.45, 7) is 4.52. The minimum Gasteiger partial charge on any atom is -0.346 e. The van der Waals surface area contributed by atoms with Gasteiger partial charge in [-0.3, -0.25) is 10.1 Å². The van der Waals surface area contributed by atoms with Crippen LogP contribution in [0.25, 0.3) is 0 Å². The molecule has 3 rings (SSSR count). The van der Waals surface area contributed by atoms with Gasteiger partial charge < -0.3 is 5.32 Å². The molecule has 1 aliphatic heterocycles. The molecular weight excluding hydrogens is 260 g/mol. The second-order valence-corrected chi connectivity index (χ2v) is 5.73. The zero-order valence-corrected chi connectivity index (χ0v) is 12.4. The summed E-state index contributed by atoms with van der Waals surface area (Å²) in [6, 6.07) is 16.8. The molecule has 1 fully saturated rings. The van der Waals surface area contributed by atoms with E-state index in [0.717, 1.165) is 5.56 Å². The summed E-state index contributed by atoms with van der Waals surface area (Å²) < 4.78 is 0. The minimum absolute atomic E-state index is 0.0343. The number of carbonyl (C=O) groups is 1. The van der Waals surface area contributed by atoms with Crippen molar-refractivity contribution >= 4 is 5.91 Å². The lowest BCUT2D eigenvalue weighted by Crippen LogP contribution is -2.49. The van der Waals surface area contributed by atoms with Crippen LogP contribution in [0.1, 0.15) is 34.3 Å². The fourth-order valence-electron chi connectivity index (χ4n) is 2.94. The SMILES string of the molecule is Cc1cccc(C2NCC(=O)NC2c2cccc(C)c2)c1. The van der Waals surface area contributed by atoms with E-state index in [-0.39, 0.29) is 18.0 Å². The van der Waals surface area contributed by atoms with Gasteiger partial charge in [-0.15, -0.1) is 0 Å². The first-order chi connectivity index (χ1) is 10.1. The van der Waals surface area contributed by atoms with Gasteiger partial charge in [-0.05, 0) is 25.0 Å². The minimum atomic E-state index is -0.0343. The van der Waals surface area contributed by atoms with Crippen LogP contribution in [0.3, 0.4) is 0 Å². The van der Waals surface area contributed by atoms with Crippen molar-refractivity contribution in [3.63, 3.8) is 0 Å². The van der Waals surface area contributed by atoms with Gasteiger partial charge in [0.25, 0.3) is 0 Å². The normalized spacial score (nSPS) is 21.9. The topological polar surface area (TPSA) is 41.1 Å². The third kappa shape index (κ3) is 2.98. The van der Waals surface area contributed by atoms with Crippen LogP contribution in [0.5, 0.6) is 0 Å². The molecular formula is C18H20N2O. The van der Waals surface area contributed by atoms with Gasteiger partial charge in [-0.2, -0.15) is 0 Å². The third-order valence-corrected chi connectivity index (χ3v) is 3.93. The maximum atomic E-state index is 11.8. The van der Waals surface area contributed by atoms with Crippen molar-refractivity contribution in [1.29, 1.82) is 0 Å². The number of hydrogen-bond acceptors (Lipinski definition) is 2. The van der Waals surface area contributed by atoms with Gasteiger partial charge in [0, 0.05) is 0 Å². The van der Waals surface area contributed by atoms with Gasteiger partial charge in [0.15, 0.2) is 0 Å². The molecule has 0 radical (unpaired) electrons. The molecule has 2 N–H and O–H groups in total. The quantitative estimate of drug-likeness (QED) is 0.888. The number of benzene rings is 2. The molecule has 0 bridgehead atoms. The number of rotatable bonds is 2. The highest BCUT2D eigenvalue weighted by molar-refractivity contribution is 5.79. The van der Waals surface area contributed by atoms with Crippen LogP contribution in [-0.2, 0) is 4.79 Å². The first-order valence-electron chi connectivity index (χ1n) is 7.29. The number of amides is 1. The Kier molecular flexibility index (Phi) is 3.76. The van der Waals surface area contributed by atoms with Crippen molar-refractivity contribution in [3.05, 3.63) is 70.8 Å². The molecule has 1 aliphatic rings. The van der Waals surface area contributed by atoms with E-state index in [1.165, 1.54) is 16.7 Å². The van der Waals surface area contributed by atoms with Crippen molar-refractivity contribution in [2.75, 3.05) is 6.54 Å². The molecule has 1 heterocycles. The fraction of sp³-hybridized carbons (Fsp3) is 0.278. The monoisotopic (exact) mass is 280 g/mol. The highest BCUT2D eigenvalue weighted by Crippen LogP contribution is 2.31. The zero-order valence-electron chi connectivity index (χ0n) is 12.4. The molecule has 1 saturated heterocycles. The van der Waals surface area contributed by atoms with Crippen LogP contribution in [-0.4, -0.2) is 12.5 Å². The summed E-state index contributed by atoms with van der Waals surface area (Å²) in [5, 5.41) is 6.49. The lowest BCUT2D eigenvalue weighted by atomic mass is 9.90. The number of piperazine rings is 1. The van der Waals surface area contributed by atoms with E-state index in [9.17, 15) is 4.79 Å². The van der Waals surface area contributed by atoms with Crippen molar-refractivity contribution < 1.29 is 4.79 Å². The summed E-state index contributed by atoms with van der Waals surface area (Å²) >= 11 is 0. The number of hydrogen-bond donors (Lipinski definition) is 2. The molecule has 1 amide bonds. The Labute approximate surface area is 125 Å². The van der Waals surface area contributed by atoms with Gasteiger partial charge in [-0.25, -0.2) is 0 Å². The van der Waals surface area contributed by atoms with E-state index in [0.29, 0.717) is 6.54 Å². The van der Waals surface area contributed by atoms with Crippen LogP contribution in [0.15, 0.2) is 48.5 Å². The number of nitrogens with one attached hydrogen (secondary N) is 2. The highest BCUT2D eigenvalue weighted by Gasteiger charge is 2.30. The van der Waals surface area contributed by atoms with Gasteiger partial charge in [0.2, 0.25) is 5.91 Å². The van der Waals surface area contributed by atoms with Crippen LogP contribution in [0.2, 0.25) is 0 Å². The number of aryl methyl sites for hydroxylation is 2. The smallest absolute Gasteiger partial charge is 0.234 e. The molecule has 0 spiro atoms. The van der Waals surface area contributed by atoms with Gasteiger partial charge >= 0.3 is 0 Å². The van der Waals surface area contributed by atoms with Crippen LogP contribution in [0, 0.1) is 13.8 Å². The molecule has 21 heavy (non-hydrogen) atoms. The molecule has 2 aromatic carbocycles. The Morgan fingerprint density at radius 1 is 0.905 bits per heavy atom. The summed E-state index contributed by atoms with van der Waals surface area (Å²) in [5.41, 5.74) is 4.79. The average Bonchev–Trinajstić information content (AvgIpc) is 2.47. The standard InChI is InChI=1S/C18H20N2O/c1-12-5-3-7-14(9-12)17-18(20-16(21)11-19-17)15-8-4-6-13(2)10-15/h3-10,17-19H,11H2,1-2H3,(H,20,21). The Morgan fingerprint density at radius 3 is 2.05 bits per heavy atom. The largest absolute Gasteiger partial charge is 0.346 e. The van der Waals surface area contributed by atoms with E-state index in [4.69, 9.17) is 0 Å². The highest BCUT2D eigenvalue weighted by atomic mass is 16.2. The van der Waals surface area contributed by atoms with E-state index in [2.05, 4.69) is 66.9 Å². The summed E-state index contributed by atoms with van der Waals surface area (Å²) in [4.78, 5) is 11.8. The Hall–Kier alpha value is -2.13. The molecule has 108 valence electrons. The second kappa shape index (κ2) is 5.70. The maximum Gasteiger partial charge on any atom is 0.234 e. The Bertz CT molecular complexity index is 666. The lowest BCUT2D eigenvalue weighted by molar-refractivity contribution is -0.123. The average molecular weight is 280 g/mol. The predicted octanol–water partition coefficient (Wildman–Crippen LogP) is 2.81. The van der Waals surface area contributed by atoms with E-state index in [1.807, 2.05) is 6.07 Å². The number of carbonyl (C=O) groups excluding carboxylic acids is 1. The Balaban J connectivity index is 1.99. The fourth-order valence-corrected chi connectivity index (χ4v) is 2.94. The summed E-state index contributed by atoms with van der Waals surface area (Å²) in [7, 11) is 0. The summed E-state index contributed by atoms with van der Waals surface area (Å²) in [5.74, 6) is 0.0467. The lowest BCUT2D eigenvalue weighted by Gasteiger charge is -2.34. The van der Waals surface area contributed by atoms with Gasteiger partial charge in [0.1, 0.15) is 0 Å². The third-order valence-electron chi connectivity index (χ3n) is 3.93. The first-order valence-corrected chi connectivity index (χ1v) is 7.29. The van der Waals surface area contributed by atoms with Crippen LogP contribution in [0.4, 0.5) is 0 Å². The Morgan fingerprint density at radius 2 is 1.48 bits per heavy atom. The van der Waals surface area contributed by atoms with Crippen molar-refractivity contribution in [2.24, 2.45) is 0 Å². The first kappa shape index (κ1) is 13.8. The molecule has 0 aromatic heterocycles. The van der Waals surface area contributed by atoms with Crippen molar-refractivity contribution in [1.82, 2.24) is 10.6 Å². The maximum absolute atomic E-state index is 11.8. The van der Waals surface area contributed by atoms with Crippen molar-refractivity contribution in [3.8, 4) is 0 Å². The molecule has 0 aliphatic carbocycles. The van der Waals surface area contributed by atoms with Crippen LogP contribution >= 0.6 is 0 Å². The van der Waals surface area contributed by atoms with Crippen molar-refractivity contribution in [2.45, 2.75) is 25.9 Å². The van der Waals surface area contributed by atoms with E-state index < -0.39 is 0 Å². The second-order valence-electron chi connectivity index (χ2n) is 5.73. The van der Waals surface area contributed by atoms with Crippen LogP contribution < -0.4 is 10.6 Å². The van der Waals surface area contributed by atoms with E-state index >= 15 is 0 Å². The molecule has 3 nitrogen and oxygen atoms in total. The van der Waals surface area contributed by atoms with Gasteiger partial charge in [-0.1, -0.05) is 59.7 Å².